The number of H-pyrrole nitrogens is 1. The normalized spacial score (nSPS) is 12.2. The monoisotopic (exact) mass is 224 g/mol. The first kappa shape index (κ1) is 12.4. The van der Waals surface area contributed by atoms with E-state index in [4.69, 9.17) is 5.11 Å². The van der Waals surface area contributed by atoms with Gasteiger partial charge in [-0.25, -0.2) is 0 Å². The summed E-state index contributed by atoms with van der Waals surface area (Å²) in [7, 11) is 1.55. The highest BCUT2D eigenvalue weighted by Crippen LogP contribution is 1.99. The van der Waals surface area contributed by atoms with E-state index in [9.17, 15) is 9.59 Å². The largest absolute Gasteiger partial charge is 0.392 e. The Bertz CT molecular complexity index is 437. The van der Waals surface area contributed by atoms with Gasteiger partial charge in [0, 0.05) is 19.3 Å². The molecule has 0 aliphatic carbocycles. The zero-order valence-corrected chi connectivity index (χ0v) is 9.65. The van der Waals surface area contributed by atoms with Crippen molar-refractivity contribution in [2.24, 2.45) is 0 Å². The lowest BCUT2D eigenvalue weighted by molar-refractivity contribution is 0.0702. The summed E-state index contributed by atoms with van der Waals surface area (Å²) in [5, 5.41) is 9.15. The Morgan fingerprint density at radius 1 is 1.56 bits per heavy atom. The van der Waals surface area contributed by atoms with E-state index in [1.165, 1.54) is 11.0 Å². The molecule has 1 aromatic rings. The molecule has 0 aliphatic heterocycles. The number of aromatic nitrogens is 1. The average Bonchev–Trinajstić information content (AvgIpc) is 2.15. The third-order valence-corrected chi connectivity index (χ3v) is 2.17. The van der Waals surface area contributed by atoms with Gasteiger partial charge >= 0.3 is 0 Å². The average molecular weight is 224 g/mol. The van der Waals surface area contributed by atoms with Crippen molar-refractivity contribution < 1.29 is 9.90 Å². The predicted molar refractivity (Wildman–Crippen MR) is 60.4 cm³/mol. The Morgan fingerprint density at radius 2 is 2.19 bits per heavy atom. The van der Waals surface area contributed by atoms with E-state index >= 15 is 0 Å². The molecular weight excluding hydrogens is 208 g/mol. The standard InChI is InChI=1S/C11H16N2O3/c1-7-4-5-9(10(15)12-7)11(16)13(3)6-8(2)14/h4-5,8,14H,6H2,1-3H3,(H,12,15). The number of hydrogen-bond donors (Lipinski definition) is 2. The molecule has 1 aromatic heterocycles. The van der Waals surface area contributed by atoms with Crippen LogP contribution in [0.25, 0.3) is 0 Å². The van der Waals surface area contributed by atoms with Crippen LogP contribution in [0.3, 0.4) is 0 Å². The Kier molecular flexibility index (Phi) is 3.84. The summed E-state index contributed by atoms with van der Waals surface area (Å²) < 4.78 is 0. The van der Waals surface area contributed by atoms with Crippen LogP contribution in [-0.2, 0) is 0 Å². The number of aliphatic hydroxyl groups excluding tert-OH is 1. The zero-order chi connectivity index (χ0) is 12.3. The molecule has 1 amide bonds. The topological polar surface area (TPSA) is 73.4 Å². The van der Waals surface area contributed by atoms with Crippen molar-refractivity contribution >= 4 is 5.91 Å². The predicted octanol–water partition coefficient (Wildman–Crippen LogP) is 0.136. The van der Waals surface area contributed by atoms with E-state index < -0.39 is 11.7 Å². The van der Waals surface area contributed by atoms with E-state index in [1.807, 2.05) is 0 Å². The molecule has 0 radical (unpaired) electrons. The van der Waals surface area contributed by atoms with Crippen LogP contribution in [0.1, 0.15) is 23.0 Å². The number of nitrogens with one attached hydrogen (secondary N) is 1. The van der Waals surface area contributed by atoms with Gasteiger partial charge in [0.15, 0.2) is 0 Å². The number of aliphatic hydroxyl groups is 1. The second-order valence-electron chi connectivity index (χ2n) is 3.92. The van der Waals surface area contributed by atoms with E-state index in [2.05, 4.69) is 4.98 Å². The fraction of sp³-hybridized carbons (Fsp3) is 0.455. The first-order chi connectivity index (χ1) is 7.41. The van der Waals surface area contributed by atoms with E-state index in [-0.39, 0.29) is 18.0 Å². The molecule has 0 spiro atoms. The molecule has 0 aliphatic rings. The number of rotatable bonds is 3. The maximum atomic E-state index is 11.8. The molecule has 1 atom stereocenters. The minimum absolute atomic E-state index is 0.0914. The molecule has 0 fully saturated rings. The summed E-state index contributed by atoms with van der Waals surface area (Å²) in [6.07, 6.45) is -0.613. The van der Waals surface area contributed by atoms with Gasteiger partial charge in [-0.05, 0) is 26.0 Å². The van der Waals surface area contributed by atoms with Crippen LogP contribution in [-0.4, -0.2) is 40.6 Å². The van der Waals surface area contributed by atoms with Crippen LogP contribution >= 0.6 is 0 Å². The summed E-state index contributed by atoms with van der Waals surface area (Å²) in [6, 6.07) is 3.17. The Morgan fingerprint density at radius 3 is 2.69 bits per heavy atom. The van der Waals surface area contributed by atoms with Gasteiger partial charge in [-0.3, -0.25) is 9.59 Å². The van der Waals surface area contributed by atoms with E-state index in [0.717, 1.165) is 0 Å². The molecule has 0 saturated heterocycles. The maximum Gasteiger partial charge on any atom is 0.260 e. The summed E-state index contributed by atoms with van der Waals surface area (Å²) in [4.78, 5) is 27.2. The van der Waals surface area contributed by atoms with Crippen molar-refractivity contribution in [2.75, 3.05) is 13.6 Å². The highest BCUT2D eigenvalue weighted by Gasteiger charge is 2.16. The van der Waals surface area contributed by atoms with Gasteiger partial charge in [-0.2, -0.15) is 0 Å². The minimum atomic E-state index is -0.613. The minimum Gasteiger partial charge on any atom is -0.392 e. The molecule has 0 aromatic carbocycles. The second-order valence-corrected chi connectivity index (χ2v) is 3.92. The SMILES string of the molecule is Cc1ccc(C(=O)N(C)CC(C)O)c(=O)[nH]1. The van der Waals surface area contributed by atoms with E-state index in [1.54, 1.807) is 27.0 Å². The van der Waals surface area contributed by atoms with Gasteiger partial charge in [0.25, 0.3) is 11.5 Å². The lowest BCUT2D eigenvalue weighted by atomic mass is 10.2. The summed E-state index contributed by atoms with van der Waals surface area (Å²) in [6.45, 7) is 3.53. The van der Waals surface area contributed by atoms with Crippen molar-refractivity contribution in [3.8, 4) is 0 Å². The lowest BCUT2D eigenvalue weighted by Gasteiger charge is -2.18. The maximum absolute atomic E-state index is 11.8. The Labute approximate surface area is 93.7 Å². The molecule has 1 unspecified atom stereocenters. The molecule has 0 saturated carbocycles. The van der Waals surface area contributed by atoms with Gasteiger partial charge in [-0.1, -0.05) is 0 Å². The summed E-state index contributed by atoms with van der Waals surface area (Å²) in [5.41, 5.74) is 0.399. The van der Waals surface area contributed by atoms with Crippen molar-refractivity contribution in [2.45, 2.75) is 20.0 Å². The third kappa shape index (κ3) is 2.93. The Hall–Kier alpha value is -1.62. The van der Waals surface area contributed by atoms with Crippen LogP contribution in [0, 0.1) is 6.92 Å². The second kappa shape index (κ2) is 4.94. The van der Waals surface area contributed by atoms with Crippen LogP contribution < -0.4 is 5.56 Å². The number of carbonyl (C=O) groups is 1. The van der Waals surface area contributed by atoms with Crippen molar-refractivity contribution in [3.05, 3.63) is 33.7 Å². The fourth-order valence-electron chi connectivity index (χ4n) is 1.43. The first-order valence-electron chi connectivity index (χ1n) is 5.05. The van der Waals surface area contributed by atoms with Crippen LogP contribution in [0.4, 0.5) is 0 Å². The number of likely N-dealkylation sites (N-methyl/N-ethyl adjacent to an activating group) is 1. The molecule has 0 bridgehead atoms. The summed E-state index contributed by atoms with van der Waals surface area (Å²) in [5.74, 6) is -0.387. The first-order valence-corrected chi connectivity index (χ1v) is 5.05. The fourth-order valence-corrected chi connectivity index (χ4v) is 1.43. The number of carbonyl (C=O) groups excluding carboxylic acids is 1. The van der Waals surface area contributed by atoms with Gasteiger partial charge < -0.3 is 15.0 Å². The van der Waals surface area contributed by atoms with Crippen LogP contribution in [0.5, 0.6) is 0 Å². The lowest BCUT2D eigenvalue weighted by Crippen LogP contribution is -2.36. The smallest absolute Gasteiger partial charge is 0.260 e. The number of hydrogen-bond acceptors (Lipinski definition) is 3. The number of pyridine rings is 1. The molecule has 1 heterocycles. The van der Waals surface area contributed by atoms with Crippen LogP contribution in [0.15, 0.2) is 16.9 Å². The van der Waals surface area contributed by atoms with Crippen LogP contribution in [0.2, 0.25) is 0 Å². The van der Waals surface area contributed by atoms with E-state index in [0.29, 0.717) is 5.69 Å². The van der Waals surface area contributed by atoms with Crippen molar-refractivity contribution in [1.29, 1.82) is 0 Å². The molecule has 16 heavy (non-hydrogen) atoms. The molecule has 2 N–H and O–H groups in total. The highest BCUT2D eigenvalue weighted by molar-refractivity contribution is 5.93. The molecule has 5 heteroatoms. The van der Waals surface area contributed by atoms with Gasteiger partial charge in [0.05, 0.1) is 6.10 Å². The molecule has 5 nitrogen and oxygen atoms in total. The molecular formula is C11H16N2O3. The quantitative estimate of drug-likeness (QED) is 0.766. The third-order valence-electron chi connectivity index (χ3n) is 2.17. The van der Waals surface area contributed by atoms with Gasteiger partial charge in [-0.15, -0.1) is 0 Å². The van der Waals surface area contributed by atoms with Crippen molar-refractivity contribution in [3.63, 3.8) is 0 Å². The number of aryl methyl sites for hydroxylation is 1. The molecule has 1 rings (SSSR count). The summed E-state index contributed by atoms with van der Waals surface area (Å²) >= 11 is 0. The van der Waals surface area contributed by atoms with Gasteiger partial charge in [0.1, 0.15) is 5.56 Å². The van der Waals surface area contributed by atoms with Crippen molar-refractivity contribution in [1.82, 2.24) is 9.88 Å². The molecule has 88 valence electrons. The Balaban J connectivity index is 2.92. The van der Waals surface area contributed by atoms with Gasteiger partial charge in [0.2, 0.25) is 0 Å². The number of nitrogens with zero attached hydrogens (tertiary/aromatic N) is 1. The zero-order valence-electron chi connectivity index (χ0n) is 9.65. The highest BCUT2D eigenvalue weighted by atomic mass is 16.3. The number of aromatic amines is 1. The number of amides is 1.